The molecule has 0 aromatic rings. The van der Waals surface area contributed by atoms with Gasteiger partial charge < -0.3 is 10.4 Å². The first-order valence-electron chi connectivity index (χ1n) is 7.78. The van der Waals surface area contributed by atoms with Gasteiger partial charge in [0.1, 0.15) is 0 Å². The number of hydrogen-bond acceptors (Lipinski definition) is 2. The number of rotatable bonds is 6. The van der Waals surface area contributed by atoms with Crippen LogP contribution in [0, 0.1) is 22.7 Å². The lowest BCUT2D eigenvalue weighted by atomic mass is 9.68. The summed E-state index contributed by atoms with van der Waals surface area (Å²) in [5, 5.41) is 13.0. The van der Waals surface area contributed by atoms with E-state index in [1.54, 1.807) is 0 Å². The highest BCUT2D eigenvalue weighted by molar-refractivity contribution is 5.12. The molecule has 2 N–H and O–H groups in total. The van der Waals surface area contributed by atoms with Crippen molar-refractivity contribution in [3.63, 3.8) is 0 Å². The SMILES string of the molecule is CCC(CCO)CNC1C2(C)CCC(C2)C1(C)C. The van der Waals surface area contributed by atoms with Crippen molar-refractivity contribution in [1.82, 2.24) is 5.32 Å². The van der Waals surface area contributed by atoms with Crippen LogP contribution >= 0.6 is 0 Å². The minimum absolute atomic E-state index is 0.328. The van der Waals surface area contributed by atoms with E-state index < -0.39 is 0 Å². The Morgan fingerprint density at radius 2 is 2.06 bits per heavy atom. The predicted octanol–water partition coefficient (Wildman–Crippen LogP) is 3.20. The number of nitrogens with one attached hydrogen (secondary N) is 1. The molecule has 2 bridgehead atoms. The van der Waals surface area contributed by atoms with Crippen LogP contribution in [0.5, 0.6) is 0 Å². The minimum Gasteiger partial charge on any atom is -0.396 e. The molecule has 2 aliphatic carbocycles. The second-order valence-electron chi connectivity index (χ2n) is 7.54. The van der Waals surface area contributed by atoms with Crippen molar-refractivity contribution in [3.05, 3.63) is 0 Å². The molecule has 0 spiro atoms. The van der Waals surface area contributed by atoms with E-state index in [0.717, 1.165) is 18.9 Å². The first-order chi connectivity index (χ1) is 8.44. The Bertz CT molecular complexity index is 284. The van der Waals surface area contributed by atoms with Gasteiger partial charge in [-0.25, -0.2) is 0 Å². The number of aliphatic hydroxyl groups is 1. The Kier molecular flexibility index (Phi) is 4.08. The summed E-state index contributed by atoms with van der Waals surface area (Å²) >= 11 is 0. The molecule has 2 saturated carbocycles. The van der Waals surface area contributed by atoms with Crippen LogP contribution in [0.2, 0.25) is 0 Å². The Hall–Kier alpha value is -0.0800. The molecule has 0 heterocycles. The normalized spacial score (nSPS) is 39.2. The van der Waals surface area contributed by atoms with Gasteiger partial charge in [0.2, 0.25) is 0 Å². The summed E-state index contributed by atoms with van der Waals surface area (Å²) in [5.74, 6) is 1.55. The zero-order chi connectivity index (χ0) is 13.4. The van der Waals surface area contributed by atoms with Gasteiger partial charge in [0.25, 0.3) is 0 Å². The minimum atomic E-state index is 0.328. The monoisotopic (exact) mass is 253 g/mol. The highest BCUT2D eigenvalue weighted by Crippen LogP contribution is 2.62. The molecular formula is C16H31NO. The average molecular weight is 253 g/mol. The van der Waals surface area contributed by atoms with Crippen LogP contribution in [-0.4, -0.2) is 24.3 Å². The van der Waals surface area contributed by atoms with Crippen LogP contribution in [-0.2, 0) is 0 Å². The van der Waals surface area contributed by atoms with E-state index in [-0.39, 0.29) is 0 Å². The lowest BCUT2D eigenvalue weighted by molar-refractivity contribution is 0.103. The molecule has 2 fully saturated rings. The largest absolute Gasteiger partial charge is 0.396 e. The molecule has 2 heteroatoms. The molecule has 2 aliphatic rings. The first kappa shape index (κ1) is 14.3. The predicted molar refractivity (Wildman–Crippen MR) is 76.5 cm³/mol. The van der Waals surface area contributed by atoms with Gasteiger partial charge in [0.15, 0.2) is 0 Å². The summed E-state index contributed by atoms with van der Waals surface area (Å²) in [6.07, 6.45) is 6.34. The first-order valence-corrected chi connectivity index (χ1v) is 7.78. The van der Waals surface area contributed by atoms with E-state index in [1.807, 2.05) is 0 Å². The second-order valence-corrected chi connectivity index (χ2v) is 7.54. The van der Waals surface area contributed by atoms with Crippen molar-refractivity contribution >= 4 is 0 Å². The Labute approximate surface area is 113 Å². The number of hydrogen-bond donors (Lipinski definition) is 2. The molecule has 2 nitrogen and oxygen atoms in total. The molecule has 0 radical (unpaired) electrons. The van der Waals surface area contributed by atoms with Crippen LogP contribution in [0.1, 0.15) is 59.8 Å². The smallest absolute Gasteiger partial charge is 0.0434 e. The van der Waals surface area contributed by atoms with E-state index in [0.29, 0.717) is 29.4 Å². The van der Waals surface area contributed by atoms with Crippen LogP contribution in [0.25, 0.3) is 0 Å². The summed E-state index contributed by atoms with van der Waals surface area (Å²) < 4.78 is 0. The van der Waals surface area contributed by atoms with Crippen molar-refractivity contribution in [2.24, 2.45) is 22.7 Å². The quantitative estimate of drug-likeness (QED) is 0.762. The molecule has 4 unspecified atom stereocenters. The van der Waals surface area contributed by atoms with Crippen molar-refractivity contribution in [1.29, 1.82) is 0 Å². The molecule has 0 saturated heterocycles. The molecule has 0 aliphatic heterocycles. The van der Waals surface area contributed by atoms with Crippen LogP contribution in [0.15, 0.2) is 0 Å². The summed E-state index contributed by atoms with van der Waals surface area (Å²) in [4.78, 5) is 0. The van der Waals surface area contributed by atoms with E-state index >= 15 is 0 Å². The van der Waals surface area contributed by atoms with Gasteiger partial charge in [-0.15, -0.1) is 0 Å². The molecule has 0 aromatic carbocycles. The highest BCUT2D eigenvalue weighted by atomic mass is 16.3. The molecule has 0 amide bonds. The fraction of sp³-hybridized carbons (Fsp3) is 1.00. The summed E-state index contributed by atoms with van der Waals surface area (Å²) in [6, 6.07) is 0.663. The molecule has 2 rings (SSSR count). The molecule has 18 heavy (non-hydrogen) atoms. The van der Waals surface area contributed by atoms with Crippen LogP contribution < -0.4 is 5.32 Å². The third-order valence-corrected chi connectivity index (χ3v) is 6.00. The maximum atomic E-state index is 9.09. The fourth-order valence-electron chi connectivity index (χ4n) is 4.73. The van der Waals surface area contributed by atoms with Gasteiger partial charge in [-0.3, -0.25) is 0 Å². The van der Waals surface area contributed by atoms with Gasteiger partial charge in [0, 0.05) is 12.6 Å². The third-order valence-electron chi connectivity index (χ3n) is 6.00. The van der Waals surface area contributed by atoms with Gasteiger partial charge >= 0.3 is 0 Å². The molecule has 106 valence electrons. The Morgan fingerprint density at radius 1 is 1.33 bits per heavy atom. The standard InChI is InChI=1S/C16H31NO/c1-5-12(7-9-18)11-17-14-15(2,3)13-6-8-16(14,4)10-13/h12-14,17-18H,5-11H2,1-4H3. The zero-order valence-electron chi connectivity index (χ0n) is 12.6. The summed E-state index contributed by atoms with van der Waals surface area (Å²) in [6.45, 7) is 11.0. The third kappa shape index (κ3) is 2.34. The highest BCUT2D eigenvalue weighted by Gasteiger charge is 2.58. The van der Waals surface area contributed by atoms with Crippen LogP contribution in [0.3, 0.4) is 0 Å². The lowest BCUT2D eigenvalue weighted by Gasteiger charge is -2.44. The second kappa shape index (κ2) is 5.13. The topological polar surface area (TPSA) is 32.3 Å². The van der Waals surface area contributed by atoms with Gasteiger partial charge in [-0.2, -0.15) is 0 Å². The summed E-state index contributed by atoms with van der Waals surface area (Å²) in [5.41, 5.74) is 0.968. The summed E-state index contributed by atoms with van der Waals surface area (Å²) in [7, 11) is 0. The van der Waals surface area contributed by atoms with Crippen molar-refractivity contribution in [2.45, 2.75) is 65.8 Å². The number of aliphatic hydroxyl groups excluding tert-OH is 1. The fourth-order valence-corrected chi connectivity index (χ4v) is 4.73. The maximum absolute atomic E-state index is 9.09. The van der Waals surface area contributed by atoms with Gasteiger partial charge in [-0.05, 0) is 54.9 Å². The van der Waals surface area contributed by atoms with E-state index in [2.05, 4.69) is 33.0 Å². The van der Waals surface area contributed by atoms with Crippen LogP contribution in [0.4, 0.5) is 0 Å². The van der Waals surface area contributed by atoms with E-state index in [9.17, 15) is 0 Å². The van der Waals surface area contributed by atoms with Gasteiger partial charge in [-0.1, -0.05) is 34.1 Å². The molecule has 4 atom stereocenters. The molecule has 0 aromatic heterocycles. The van der Waals surface area contributed by atoms with E-state index in [4.69, 9.17) is 5.11 Å². The van der Waals surface area contributed by atoms with Crippen molar-refractivity contribution in [2.75, 3.05) is 13.2 Å². The van der Waals surface area contributed by atoms with E-state index in [1.165, 1.54) is 25.7 Å². The zero-order valence-corrected chi connectivity index (χ0v) is 12.6. The average Bonchev–Trinajstić information content (AvgIpc) is 2.78. The Balaban J connectivity index is 1.96. The Morgan fingerprint density at radius 3 is 2.56 bits per heavy atom. The van der Waals surface area contributed by atoms with Crippen molar-refractivity contribution < 1.29 is 5.11 Å². The molecular weight excluding hydrogens is 222 g/mol. The van der Waals surface area contributed by atoms with Gasteiger partial charge in [0.05, 0.1) is 0 Å². The maximum Gasteiger partial charge on any atom is 0.0434 e. The van der Waals surface area contributed by atoms with Crippen molar-refractivity contribution in [3.8, 4) is 0 Å². The number of fused-ring (bicyclic) bond motifs is 2. The lowest BCUT2D eigenvalue weighted by Crippen LogP contribution is -2.51.